The molecule has 23 heavy (non-hydrogen) atoms. The fraction of sp³-hybridized carbons (Fsp3) is 0.529. The second kappa shape index (κ2) is 9.18. The van der Waals surface area contributed by atoms with E-state index >= 15 is 0 Å². The Morgan fingerprint density at radius 2 is 1.83 bits per heavy atom. The van der Waals surface area contributed by atoms with Gasteiger partial charge in [-0.1, -0.05) is 23.7 Å². The van der Waals surface area contributed by atoms with E-state index in [9.17, 15) is 9.59 Å². The number of halogens is 1. The highest BCUT2D eigenvalue weighted by Gasteiger charge is 2.19. The normalized spacial score (nSPS) is 11.2. The van der Waals surface area contributed by atoms with Crippen LogP contribution in [0.4, 0.5) is 0 Å². The average Bonchev–Trinajstić information content (AvgIpc) is 2.44. The van der Waals surface area contributed by atoms with Gasteiger partial charge in [0.1, 0.15) is 0 Å². The standard InChI is InChI=1S/C17H25ClN2O2S/c1-5-20(10-15(21)19-17(2,3)4)16(22)12-23-11-13-6-8-14(18)9-7-13/h6-9H,5,10-12H2,1-4H3,(H,19,21). The highest BCUT2D eigenvalue weighted by molar-refractivity contribution is 7.99. The van der Waals surface area contributed by atoms with Crippen LogP contribution in [0, 0.1) is 0 Å². The zero-order chi connectivity index (χ0) is 17.5. The fourth-order valence-corrected chi connectivity index (χ4v) is 2.95. The van der Waals surface area contributed by atoms with Crippen LogP contribution in [0.3, 0.4) is 0 Å². The van der Waals surface area contributed by atoms with Crippen molar-refractivity contribution in [1.82, 2.24) is 10.2 Å². The minimum Gasteiger partial charge on any atom is -0.350 e. The third kappa shape index (κ3) is 8.28. The van der Waals surface area contributed by atoms with E-state index in [4.69, 9.17) is 11.6 Å². The van der Waals surface area contributed by atoms with Gasteiger partial charge >= 0.3 is 0 Å². The third-order valence-electron chi connectivity index (χ3n) is 2.99. The highest BCUT2D eigenvalue weighted by Crippen LogP contribution is 2.16. The first-order valence-electron chi connectivity index (χ1n) is 7.62. The molecule has 4 nitrogen and oxygen atoms in total. The van der Waals surface area contributed by atoms with E-state index in [0.717, 1.165) is 11.3 Å². The number of likely N-dealkylation sites (N-methyl/N-ethyl adjacent to an activating group) is 1. The van der Waals surface area contributed by atoms with Crippen molar-refractivity contribution in [2.75, 3.05) is 18.8 Å². The summed E-state index contributed by atoms with van der Waals surface area (Å²) in [5, 5.41) is 3.58. The molecule has 0 spiro atoms. The van der Waals surface area contributed by atoms with Crippen LogP contribution in [0.5, 0.6) is 0 Å². The molecule has 0 unspecified atom stereocenters. The molecule has 0 atom stereocenters. The third-order valence-corrected chi connectivity index (χ3v) is 4.23. The second-order valence-corrected chi connectivity index (χ2v) is 7.75. The van der Waals surface area contributed by atoms with E-state index in [1.54, 1.807) is 4.90 Å². The lowest BCUT2D eigenvalue weighted by molar-refractivity contribution is -0.134. The van der Waals surface area contributed by atoms with Gasteiger partial charge in [0.05, 0.1) is 12.3 Å². The van der Waals surface area contributed by atoms with Gasteiger partial charge in [-0.05, 0) is 45.4 Å². The summed E-state index contributed by atoms with van der Waals surface area (Å²) in [4.78, 5) is 25.7. The number of amides is 2. The number of nitrogens with zero attached hydrogens (tertiary/aromatic N) is 1. The van der Waals surface area contributed by atoms with Crippen LogP contribution in [-0.2, 0) is 15.3 Å². The van der Waals surface area contributed by atoms with Crippen LogP contribution in [0.25, 0.3) is 0 Å². The number of rotatable bonds is 7. The van der Waals surface area contributed by atoms with Crippen molar-refractivity contribution in [1.29, 1.82) is 0 Å². The zero-order valence-electron chi connectivity index (χ0n) is 14.2. The summed E-state index contributed by atoms with van der Waals surface area (Å²) >= 11 is 7.38. The van der Waals surface area contributed by atoms with Gasteiger partial charge in [-0.2, -0.15) is 0 Å². The highest BCUT2D eigenvalue weighted by atomic mass is 35.5. The average molecular weight is 357 g/mol. The molecule has 1 N–H and O–H groups in total. The Balaban J connectivity index is 2.41. The Labute approximate surface area is 148 Å². The Morgan fingerprint density at radius 1 is 1.22 bits per heavy atom. The zero-order valence-corrected chi connectivity index (χ0v) is 15.8. The van der Waals surface area contributed by atoms with Gasteiger partial charge in [-0.15, -0.1) is 11.8 Å². The minimum absolute atomic E-state index is 0.0180. The van der Waals surface area contributed by atoms with E-state index < -0.39 is 0 Å². The van der Waals surface area contributed by atoms with Crippen molar-refractivity contribution in [3.63, 3.8) is 0 Å². The van der Waals surface area contributed by atoms with Gasteiger partial charge < -0.3 is 10.2 Å². The van der Waals surface area contributed by atoms with Crippen LogP contribution in [-0.4, -0.2) is 41.1 Å². The summed E-state index contributed by atoms with van der Waals surface area (Å²) in [6.07, 6.45) is 0. The molecular weight excluding hydrogens is 332 g/mol. The van der Waals surface area contributed by atoms with Crippen molar-refractivity contribution >= 4 is 35.2 Å². The monoisotopic (exact) mass is 356 g/mol. The van der Waals surface area contributed by atoms with Gasteiger partial charge in [-0.3, -0.25) is 9.59 Å². The summed E-state index contributed by atoms with van der Waals surface area (Å²) in [5.41, 5.74) is 0.837. The number of carbonyl (C=O) groups excluding carboxylic acids is 2. The first-order valence-corrected chi connectivity index (χ1v) is 9.15. The van der Waals surface area contributed by atoms with Crippen LogP contribution >= 0.6 is 23.4 Å². The predicted molar refractivity (Wildman–Crippen MR) is 97.8 cm³/mol. The number of carbonyl (C=O) groups is 2. The molecule has 128 valence electrons. The number of benzene rings is 1. The Hall–Kier alpha value is -1.20. The van der Waals surface area contributed by atoms with E-state index in [1.165, 1.54) is 11.8 Å². The molecule has 0 aliphatic rings. The van der Waals surface area contributed by atoms with Crippen LogP contribution < -0.4 is 5.32 Å². The molecule has 0 saturated carbocycles. The van der Waals surface area contributed by atoms with Crippen molar-refractivity contribution < 1.29 is 9.59 Å². The van der Waals surface area contributed by atoms with Crippen molar-refractivity contribution in [2.24, 2.45) is 0 Å². The summed E-state index contributed by atoms with van der Waals surface area (Å²) in [5.74, 6) is 0.958. The Morgan fingerprint density at radius 3 is 2.35 bits per heavy atom. The SMILES string of the molecule is CCN(CC(=O)NC(C)(C)C)C(=O)CSCc1ccc(Cl)cc1. The molecule has 0 aromatic heterocycles. The second-order valence-electron chi connectivity index (χ2n) is 6.33. The molecule has 1 rings (SSSR count). The molecule has 0 saturated heterocycles. The van der Waals surface area contributed by atoms with Crippen molar-refractivity contribution in [3.05, 3.63) is 34.9 Å². The molecule has 0 aliphatic carbocycles. The maximum absolute atomic E-state index is 12.2. The minimum atomic E-state index is -0.289. The fourth-order valence-electron chi connectivity index (χ4n) is 1.94. The molecule has 0 bridgehead atoms. The number of hydrogen-bond donors (Lipinski definition) is 1. The number of hydrogen-bond acceptors (Lipinski definition) is 3. The lowest BCUT2D eigenvalue weighted by Crippen LogP contribution is -2.47. The van der Waals surface area contributed by atoms with Crippen LogP contribution in [0.15, 0.2) is 24.3 Å². The molecule has 0 fully saturated rings. The maximum Gasteiger partial charge on any atom is 0.240 e. The number of thioether (sulfide) groups is 1. The van der Waals surface area contributed by atoms with E-state index in [-0.39, 0.29) is 23.9 Å². The smallest absolute Gasteiger partial charge is 0.240 e. The summed E-state index contributed by atoms with van der Waals surface area (Å²) < 4.78 is 0. The molecule has 1 aromatic rings. The van der Waals surface area contributed by atoms with Crippen LogP contribution in [0.1, 0.15) is 33.3 Å². The molecule has 6 heteroatoms. The van der Waals surface area contributed by atoms with Crippen LogP contribution in [0.2, 0.25) is 5.02 Å². The number of nitrogens with one attached hydrogen (secondary N) is 1. The topological polar surface area (TPSA) is 49.4 Å². The van der Waals surface area contributed by atoms with Gasteiger partial charge in [0, 0.05) is 22.9 Å². The lowest BCUT2D eigenvalue weighted by atomic mass is 10.1. The van der Waals surface area contributed by atoms with Gasteiger partial charge in [0.15, 0.2) is 0 Å². The molecule has 0 radical (unpaired) electrons. The van der Waals surface area contributed by atoms with E-state index in [0.29, 0.717) is 17.3 Å². The first kappa shape index (κ1) is 19.8. The summed E-state index contributed by atoms with van der Waals surface area (Å²) in [6.45, 7) is 8.28. The first-order chi connectivity index (χ1) is 10.7. The maximum atomic E-state index is 12.2. The quantitative estimate of drug-likeness (QED) is 0.815. The Kier molecular flexibility index (Phi) is 7.92. The summed E-state index contributed by atoms with van der Waals surface area (Å²) in [7, 11) is 0. The molecule has 2 amide bonds. The Bertz CT molecular complexity index is 526. The van der Waals surface area contributed by atoms with Crippen molar-refractivity contribution in [2.45, 2.75) is 39.0 Å². The lowest BCUT2D eigenvalue weighted by Gasteiger charge is -2.25. The van der Waals surface area contributed by atoms with Gasteiger partial charge in [0.2, 0.25) is 11.8 Å². The summed E-state index contributed by atoms with van der Waals surface area (Å²) in [6, 6.07) is 7.59. The molecule has 0 heterocycles. The van der Waals surface area contributed by atoms with Gasteiger partial charge in [0.25, 0.3) is 0 Å². The largest absolute Gasteiger partial charge is 0.350 e. The molecule has 1 aromatic carbocycles. The van der Waals surface area contributed by atoms with E-state index in [2.05, 4.69) is 5.32 Å². The molecule has 0 aliphatic heterocycles. The predicted octanol–water partition coefficient (Wildman–Crippen LogP) is 3.34. The van der Waals surface area contributed by atoms with E-state index in [1.807, 2.05) is 52.0 Å². The van der Waals surface area contributed by atoms with Gasteiger partial charge in [-0.25, -0.2) is 0 Å². The molecular formula is C17H25ClN2O2S. The van der Waals surface area contributed by atoms with Crippen molar-refractivity contribution in [3.8, 4) is 0 Å².